The first-order valence-electron chi connectivity index (χ1n) is 4.15. The molecule has 0 aliphatic heterocycles. The molecule has 4 nitrogen and oxygen atoms in total. The molecule has 1 aromatic heterocycles. The van der Waals surface area contributed by atoms with Gasteiger partial charge >= 0.3 is 5.97 Å². The van der Waals surface area contributed by atoms with Crippen molar-refractivity contribution in [1.29, 1.82) is 0 Å². The molecular weight excluding hydrogens is 264 g/mol. The zero-order valence-electron chi connectivity index (χ0n) is 8.08. The number of halogens is 4. The fraction of sp³-hybridized carbons (Fsp3) is 0.250. The monoisotopic (exact) mass is 270 g/mol. The van der Waals surface area contributed by atoms with E-state index in [4.69, 9.17) is 10.8 Å². The van der Waals surface area contributed by atoms with Crippen molar-refractivity contribution in [2.45, 2.75) is 10.9 Å². The standard InChI is InChI=1S/C8H6F4N2O2S/c9-3-5(17-1-2(13)8(15)16)4(10)7(12)14-6(3)11/h2H,1,13H2,(H,15,16). The molecule has 0 radical (unpaired) electrons. The lowest BCUT2D eigenvalue weighted by atomic mass is 10.4. The largest absolute Gasteiger partial charge is 0.480 e. The lowest BCUT2D eigenvalue weighted by Crippen LogP contribution is -2.32. The second-order valence-corrected chi connectivity index (χ2v) is 3.94. The maximum absolute atomic E-state index is 13.0. The van der Waals surface area contributed by atoms with Gasteiger partial charge in [0.15, 0.2) is 11.6 Å². The smallest absolute Gasteiger partial charge is 0.321 e. The zero-order valence-corrected chi connectivity index (χ0v) is 8.90. The van der Waals surface area contributed by atoms with Crippen LogP contribution >= 0.6 is 11.8 Å². The zero-order chi connectivity index (χ0) is 13.2. The van der Waals surface area contributed by atoms with Gasteiger partial charge < -0.3 is 10.8 Å². The van der Waals surface area contributed by atoms with Crippen molar-refractivity contribution in [2.24, 2.45) is 5.73 Å². The lowest BCUT2D eigenvalue weighted by Gasteiger charge is -2.08. The van der Waals surface area contributed by atoms with E-state index in [1.165, 1.54) is 0 Å². The highest BCUT2D eigenvalue weighted by atomic mass is 32.2. The highest BCUT2D eigenvalue weighted by molar-refractivity contribution is 7.99. The van der Waals surface area contributed by atoms with Gasteiger partial charge in [0.25, 0.3) is 11.9 Å². The van der Waals surface area contributed by atoms with Crippen LogP contribution in [-0.4, -0.2) is 27.9 Å². The maximum Gasteiger partial charge on any atom is 0.321 e. The van der Waals surface area contributed by atoms with E-state index < -0.39 is 46.2 Å². The predicted octanol–water partition coefficient (Wildman–Crippen LogP) is 1.14. The molecule has 0 spiro atoms. The molecule has 17 heavy (non-hydrogen) atoms. The third kappa shape index (κ3) is 3.07. The van der Waals surface area contributed by atoms with Gasteiger partial charge in [0.1, 0.15) is 6.04 Å². The number of aliphatic carboxylic acids is 1. The first-order chi connectivity index (χ1) is 7.84. The molecule has 0 fully saturated rings. The van der Waals surface area contributed by atoms with Crippen molar-refractivity contribution in [3.63, 3.8) is 0 Å². The van der Waals surface area contributed by atoms with Crippen molar-refractivity contribution in [3.8, 4) is 0 Å². The number of pyridine rings is 1. The normalized spacial score (nSPS) is 12.5. The summed E-state index contributed by atoms with van der Waals surface area (Å²) >= 11 is 0.263. The van der Waals surface area contributed by atoms with Crippen LogP contribution in [0.15, 0.2) is 4.90 Å². The molecule has 0 amide bonds. The van der Waals surface area contributed by atoms with Gasteiger partial charge in [-0.15, -0.1) is 11.8 Å². The molecule has 0 aliphatic rings. The molecule has 0 bridgehead atoms. The van der Waals surface area contributed by atoms with Crippen molar-refractivity contribution in [3.05, 3.63) is 23.5 Å². The number of hydrogen-bond donors (Lipinski definition) is 2. The quantitative estimate of drug-likeness (QED) is 0.487. The van der Waals surface area contributed by atoms with E-state index in [1.807, 2.05) is 0 Å². The second kappa shape index (κ2) is 5.32. The van der Waals surface area contributed by atoms with Crippen LogP contribution in [0.1, 0.15) is 0 Å². The van der Waals surface area contributed by atoms with Gasteiger partial charge in [0.2, 0.25) is 0 Å². The van der Waals surface area contributed by atoms with E-state index in [2.05, 4.69) is 4.98 Å². The SMILES string of the molecule is NC(CSc1c(F)c(F)nc(F)c1F)C(=O)O. The number of carbonyl (C=O) groups is 1. The van der Waals surface area contributed by atoms with Gasteiger partial charge in [-0.25, -0.2) is 8.78 Å². The molecule has 1 unspecified atom stereocenters. The average molecular weight is 270 g/mol. The Morgan fingerprint density at radius 3 is 2.18 bits per heavy atom. The van der Waals surface area contributed by atoms with Crippen LogP contribution in [0.2, 0.25) is 0 Å². The second-order valence-electron chi connectivity index (χ2n) is 2.91. The number of aromatic nitrogens is 1. The van der Waals surface area contributed by atoms with Crippen LogP contribution in [0.3, 0.4) is 0 Å². The summed E-state index contributed by atoms with van der Waals surface area (Å²) in [5.41, 5.74) is 5.07. The summed E-state index contributed by atoms with van der Waals surface area (Å²) in [7, 11) is 0. The molecule has 0 aromatic carbocycles. The summed E-state index contributed by atoms with van der Waals surface area (Å²) in [5.74, 6) is -8.77. The third-order valence-corrected chi connectivity index (χ3v) is 2.85. The number of carboxylic acid groups (broad SMARTS) is 1. The minimum atomic E-state index is -1.80. The molecule has 1 heterocycles. The minimum absolute atomic E-state index is 0.263. The molecule has 94 valence electrons. The summed E-state index contributed by atoms with van der Waals surface area (Å²) < 4.78 is 51.4. The minimum Gasteiger partial charge on any atom is -0.480 e. The number of hydrogen-bond acceptors (Lipinski definition) is 4. The van der Waals surface area contributed by atoms with Gasteiger partial charge in [0.05, 0.1) is 4.90 Å². The van der Waals surface area contributed by atoms with E-state index in [0.29, 0.717) is 0 Å². The Morgan fingerprint density at radius 2 is 1.76 bits per heavy atom. The fourth-order valence-corrected chi connectivity index (χ4v) is 1.75. The molecule has 0 saturated carbocycles. The predicted molar refractivity (Wildman–Crippen MR) is 50.4 cm³/mol. The third-order valence-electron chi connectivity index (χ3n) is 1.68. The number of nitrogens with zero attached hydrogens (tertiary/aromatic N) is 1. The molecule has 0 aliphatic carbocycles. The van der Waals surface area contributed by atoms with Crippen molar-refractivity contribution < 1.29 is 27.5 Å². The van der Waals surface area contributed by atoms with E-state index in [9.17, 15) is 22.4 Å². The first kappa shape index (κ1) is 13.7. The summed E-state index contributed by atoms with van der Waals surface area (Å²) in [4.78, 5) is 11.7. The first-order valence-corrected chi connectivity index (χ1v) is 5.14. The van der Waals surface area contributed by atoms with E-state index in [1.54, 1.807) is 0 Å². The Balaban J connectivity index is 2.95. The molecule has 1 rings (SSSR count). The van der Waals surface area contributed by atoms with Gasteiger partial charge in [0, 0.05) is 5.75 Å². The van der Waals surface area contributed by atoms with Gasteiger partial charge in [-0.1, -0.05) is 0 Å². The van der Waals surface area contributed by atoms with Crippen LogP contribution in [0, 0.1) is 23.5 Å². The Labute approximate surface area is 96.8 Å². The number of rotatable bonds is 4. The van der Waals surface area contributed by atoms with Gasteiger partial charge in [-0.2, -0.15) is 13.8 Å². The molecule has 9 heteroatoms. The Bertz CT molecular complexity index is 431. The number of carboxylic acids is 1. The van der Waals surface area contributed by atoms with Crippen molar-refractivity contribution >= 4 is 17.7 Å². The van der Waals surface area contributed by atoms with E-state index in [0.717, 1.165) is 0 Å². The van der Waals surface area contributed by atoms with Crippen LogP contribution in [0.4, 0.5) is 17.6 Å². The van der Waals surface area contributed by atoms with E-state index >= 15 is 0 Å². The topological polar surface area (TPSA) is 76.2 Å². The average Bonchev–Trinajstić information content (AvgIpc) is 2.26. The van der Waals surface area contributed by atoms with E-state index in [-0.39, 0.29) is 11.8 Å². The Kier molecular flexibility index (Phi) is 4.29. The summed E-state index contributed by atoms with van der Waals surface area (Å²) in [6, 6.07) is -1.40. The molecule has 3 N–H and O–H groups in total. The highest BCUT2D eigenvalue weighted by Crippen LogP contribution is 2.27. The van der Waals surface area contributed by atoms with Crippen LogP contribution in [-0.2, 0) is 4.79 Å². The fourth-order valence-electron chi connectivity index (χ4n) is 0.839. The molecule has 0 saturated heterocycles. The van der Waals surface area contributed by atoms with Crippen molar-refractivity contribution in [2.75, 3.05) is 5.75 Å². The summed E-state index contributed by atoms with van der Waals surface area (Å²) in [6.45, 7) is 0. The van der Waals surface area contributed by atoms with Gasteiger partial charge in [-0.05, 0) is 0 Å². The highest BCUT2D eigenvalue weighted by Gasteiger charge is 2.22. The Hall–Kier alpha value is -1.35. The molecule has 1 atom stereocenters. The maximum atomic E-state index is 13.0. The number of nitrogens with two attached hydrogens (primary N) is 1. The lowest BCUT2D eigenvalue weighted by molar-refractivity contribution is -0.137. The number of thioether (sulfide) groups is 1. The molecular formula is C8H6F4N2O2S. The Morgan fingerprint density at radius 1 is 1.29 bits per heavy atom. The van der Waals surface area contributed by atoms with Crippen LogP contribution in [0.5, 0.6) is 0 Å². The molecule has 1 aromatic rings. The summed E-state index contributed by atoms with van der Waals surface area (Å²) in [6.07, 6.45) is 0. The summed E-state index contributed by atoms with van der Waals surface area (Å²) in [5, 5.41) is 8.42. The van der Waals surface area contributed by atoms with Gasteiger partial charge in [-0.3, -0.25) is 4.79 Å². The van der Waals surface area contributed by atoms with Crippen LogP contribution in [0.25, 0.3) is 0 Å². The van der Waals surface area contributed by atoms with Crippen LogP contribution < -0.4 is 5.73 Å². The van der Waals surface area contributed by atoms with Crippen molar-refractivity contribution in [1.82, 2.24) is 4.98 Å².